The van der Waals surface area contributed by atoms with Crippen LogP contribution in [0.2, 0.25) is 5.02 Å². The summed E-state index contributed by atoms with van der Waals surface area (Å²) in [5, 5.41) is 0.370. The maximum atomic E-state index is 12.2. The van der Waals surface area contributed by atoms with Crippen LogP contribution in [0.4, 0.5) is 11.4 Å². The van der Waals surface area contributed by atoms with Gasteiger partial charge in [-0.3, -0.25) is 4.72 Å². The molecule has 20 heavy (non-hydrogen) atoms. The van der Waals surface area contributed by atoms with Crippen molar-refractivity contribution in [2.24, 2.45) is 0 Å². The molecule has 0 aliphatic rings. The lowest BCUT2D eigenvalue weighted by Crippen LogP contribution is -2.16. The first-order valence-corrected chi connectivity index (χ1v) is 8.01. The predicted octanol–water partition coefficient (Wildman–Crippen LogP) is 3.17. The van der Waals surface area contributed by atoms with Gasteiger partial charge in [-0.05, 0) is 30.2 Å². The molecule has 0 bridgehead atoms. The maximum absolute atomic E-state index is 12.2. The number of anilines is 2. The maximum Gasteiger partial charge on any atom is 0.237 e. The third kappa shape index (κ3) is 3.43. The minimum absolute atomic E-state index is 0.190. The molecule has 0 saturated carbocycles. The molecule has 106 valence electrons. The van der Waals surface area contributed by atoms with Crippen molar-refractivity contribution in [1.29, 1.82) is 0 Å². The Morgan fingerprint density at radius 3 is 2.50 bits per heavy atom. The molecule has 0 radical (unpaired) electrons. The summed E-state index contributed by atoms with van der Waals surface area (Å²) in [4.78, 5) is 0. The summed E-state index contributed by atoms with van der Waals surface area (Å²) in [5.74, 6) is -0.190. The second kappa shape index (κ2) is 5.73. The van der Waals surface area contributed by atoms with Gasteiger partial charge in [-0.2, -0.15) is 0 Å². The fraction of sp³-hybridized carbons (Fsp3) is 0.143. The van der Waals surface area contributed by atoms with Gasteiger partial charge in [0, 0.05) is 5.69 Å². The number of para-hydroxylation sites is 2. The van der Waals surface area contributed by atoms with E-state index in [9.17, 15) is 8.42 Å². The summed E-state index contributed by atoms with van der Waals surface area (Å²) in [6.07, 6.45) is 0. The molecule has 0 atom stereocenters. The van der Waals surface area contributed by atoms with Gasteiger partial charge in [0.15, 0.2) is 0 Å². The van der Waals surface area contributed by atoms with Gasteiger partial charge in [0.2, 0.25) is 10.0 Å². The monoisotopic (exact) mass is 310 g/mol. The van der Waals surface area contributed by atoms with Crippen LogP contribution in [0.15, 0.2) is 42.5 Å². The van der Waals surface area contributed by atoms with Gasteiger partial charge in [0.25, 0.3) is 0 Å². The highest BCUT2D eigenvalue weighted by atomic mass is 35.5. The molecule has 0 heterocycles. The largest absolute Gasteiger partial charge is 0.398 e. The van der Waals surface area contributed by atoms with E-state index in [1.54, 1.807) is 49.4 Å². The second-order valence-corrected chi connectivity index (χ2v) is 6.62. The van der Waals surface area contributed by atoms with Crippen molar-refractivity contribution in [3.63, 3.8) is 0 Å². The minimum Gasteiger partial charge on any atom is -0.398 e. The first-order chi connectivity index (χ1) is 9.39. The topological polar surface area (TPSA) is 72.2 Å². The number of halogens is 1. The molecule has 4 nitrogen and oxygen atoms in total. The molecule has 2 rings (SSSR count). The fourth-order valence-corrected chi connectivity index (χ4v) is 3.47. The van der Waals surface area contributed by atoms with Gasteiger partial charge in [-0.1, -0.05) is 41.9 Å². The zero-order valence-electron chi connectivity index (χ0n) is 10.9. The number of rotatable bonds is 4. The standard InChI is InChI=1S/C14H15ClN2O2S/c1-10-5-4-7-12(15)14(10)17-20(18,19)9-11-6-2-3-8-13(11)16/h2-8,17H,9,16H2,1H3. The van der Waals surface area contributed by atoms with E-state index in [1.807, 2.05) is 0 Å². The molecule has 2 aromatic carbocycles. The molecule has 0 amide bonds. The van der Waals surface area contributed by atoms with E-state index in [1.165, 1.54) is 0 Å². The fourth-order valence-electron chi connectivity index (χ4n) is 1.82. The Kier molecular flexibility index (Phi) is 4.20. The molecule has 2 aromatic rings. The summed E-state index contributed by atoms with van der Waals surface area (Å²) in [7, 11) is -3.57. The molecule has 6 heteroatoms. The lowest BCUT2D eigenvalue weighted by molar-refractivity contribution is 0.600. The van der Waals surface area contributed by atoms with E-state index < -0.39 is 10.0 Å². The summed E-state index contributed by atoms with van der Waals surface area (Å²) in [5.41, 5.74) is 7.95. The van der Waals surface area contributed by atoms with E-state index in [4.69, 9.17) is 17.3 Å². The highest BCUT2D eigenvalue weighted by Gasteiger charge is 2.16. The van der Waals surface area contributed by atoms with Crippen LogP contribution < -0.4 is 10.5 Å². The lowest BCUT2D eigenvalue weighted by atomic mass is 10.2. The van der Waals surface area contributed by atoms with Gasteiger partial charge in [-0.15, -0.1) is 0 Å². The number of hydrogen-bond acceptors (Lipinski definition) is 3. The molecule has 0 fully saturated rings. The summed E-state index contributed by atoms with van der Waals surface area (Å²) < 4.78 is 26.9. The number of aryl methyl sites for hydroxylation is 1. The van der Waals surface area contributed by atoms with Crippen molar-refractivity contribution in [1.82, 2.24) is 0 Å². The van der Waals surface area contributed by atoms with Gasteiger partial charge in [-0.25, -0.2) is 8.42 Å². The van der Waals surface area contributed by atoms with E-state index in [-0.39, 0.29) is 5.75 Å². The third-order valence-electron chi connectivity index (χ3n) is 2.88. The summed E-state index contributed by atoms with van der Waals surface area (Å²) in [6, 6.07) is 12.1. The summed E-state index contributed by atoms with van der Waals surface area (Å²) in [6.45, 7) is 1.79. The van der Waals surface area contributed by atoms with Gasteiger partial charge < -0.3 is 5.73 Å². The molecular formula is C14H15ClN2O2S. The van der Waals surface area contributed by atoms with Crippen molar-refractivity contribution < 1.29 is 8.42 Å². The van der Waals surface area contributed by atoms with Crippen LogP contribution in [0, 0.1) is 6.92 Å². The number of benzene rings is 2. The van der Waals surface area contributed by atoms with E-state index in [0.717, 1.165) is 5.56 Å². The zero-order valence-corrected chi connectivity index (χ0v) is 12.5. The Hall–Kier alpha value is -1.72. The average Bonchev–Trinajstić information content (AvgIpc) is 2.37. The normalized spacial score (nSPS) is 11.3. The van der Waals surface area contributed by atoms with Crippen LogP contribution in [0.3, 0.4) is 0 Å². The Labute approximate surface area is 123 Å². The molecule has 0 saturated heterocycles. The number of sulfonamides is 1. The zero-order chi connectivity index (χ0) is 14.8. The number of nitrogens with one attached hydrogen (secondary N) is 1. The van der Waals surface area contributed by atoms with Gasteiger partial charge in [0.1, 0.15) is 0 Å². The molecule has 0 aromatic heterocycles. The first-order valence-electron chi connectivity index (χ1n) is 5.98. The predicted molar refractivity (Wildman–Crippen MR) is 83.3 cm³/mol. The highest BCUT2D eigenvalue weighted by molar-refractivity contribution is 7.91. The van der Waals surface area contributed by atoms with Crippen LogP contribution in [0.5, 0.6) is 0 Å². The van der Waals surface area contributed by atoms with E-state index >= 15 is 0 Å². The smallest absolute Gasteiger partial charge is 0.237 e. The van der Waals surface area contributed by atoms with Crippen molar-refractivity contribution >= 4 is 33.0 Å². The highest BCUT2D eigenvalue weighted by Crippen LogP contribution is 2.27. The Bertz CT molecular complexity index is 709. The number of nitrogens with two attached hydrogens (primary N) is 1. The van der Waals surface area contributed by atoms with Crippen LogP contribution in [0.1, 0.15) is 11.1 Å². The summed E-state index contributed by atoms with van der Waals surface area (Å²) >= 11 is 6.02. The minimum atomic E-state index is -3.57. The van der Waals surface area contributed by atoms with E-state index in [2.05, 4.69) is 4.72 Å². The van der Waals surface area contributed by atoms with Crippen LogP contribution >= 0.6 is 11.6 Å². The van der Waals surface area contributed by atoms with E-state index in [0.29, 0.717) is 22.0 Å². The van der Waals surface area contributed by atoms with Crippen molar-refractivity contribution in [2.45, 2.75) is 12.7 Å². The van der Waals surface area contributed by atoms with Crippen LogP contribution in [-0.4, -0.2) is 8.42 Å². The van der Waals surface area contributed by atoms with Crippen LogP contribution in [0.25, 0.3) is 0 Å². The SMILES string of the molecule is Cc1cccc(Cl)c1NS(=O)(=O)Cc1ccccc1N. The lowest BCUT2D eigenvalue weighted by Gasteiger charge is -2.13. The molecule has 0 spiro atoms. The Balaban J connectivity index is 2.27. The quantitative estimate of drug-likeness (QED) is 0.852. The van der Waals surface area contributed by atoms with Crippen molar-refractivity contribution in [3.05, 3.63) is 58.6 Å². The van der Waals surface area contributed by atoms with Crippen molar-refractivity contribution in [3.8, 4) is 0 Å². The molecule has 0 unspecified atom stereocenters. The number of nitrogen functional groups attached to an aromatic ring is 1. The number of hydrogen-bond donors (Lipinski definition) is 2. The van der Waals surface area contributed by atoms with Crippen molar-refractivity contribution in [2.75, 3.05) is 10.5 Å². The van der Waals surface area contributed by atoms with Gasteiger partial charge >= 0.3 is 0 Å². The average molecular weight is 311 g/mol. The van der Waals surface area contributed by atoms with Gasteiger partial charge in [0.05, 0.1) is 16.5 Å². The Morgan fingerprint density at radius 1 is 1.15 bits per heavy atom. The molecule has 0 aliphatic carbocycles. The first kappa shape index (κ1) is 14.7. The molecule has 3 N–H and O–H groups in total. The molecular weight excluding hydrogens is 296 g/mol. The second-order valence-electron chi connectivity index (χ2n) is 4.49. The van der Waals surface area contributed by atoms with Crippen LogP contribution in [-0.2, 0) is 15.8 Å². The third-order valence-corrected chi connectivity index (χ3v) is 4.40. The Morgan fingerprint density at radius 2 is 1.85 bits per heavy atom. The molecule has 0 aliphatic heterocycles.